The van der Waals surface area contributed by atoms with E-state index in [4.69, 9.17) is 4.74 Å². The minimum absolute atomic E-state index is 0.0240. The topological polar surface area (TPSA) is 21.3 Å². The van der Waals surface area contributed by atoms with E-state index < -0.39 is 0 Å². The number of hydrogen-bond donors (Lipinski definition) is 1. The van der Waals surface area contributed by atoms with Crippen LogP contribution in [0.1, 0.15) is 31.4 Å². The second-order valence-electron chi connectivity index (χ2n) is 5.03. The maximum Gasteiger partial charge on any atom is 0.126 e. The van der Waals surface area contributed by atoms with Crippen LogP contribution in [-0.2, 0) is 6.42 Å². The van der Waals surface area contributed by atoms with Gasteiger partial charge in [-0.05, 0) is 50.9 Å². The first-order chi connectivity index (χ1) is 8.10. The summed E-state index contributed by atoms with van der Waals surface area (Å²) in [5, 5.41) is 3.38. The molecule has 0 amide bonds. The zero-order valence-electron chi connectivity index (χ0n) is 11.1. The van der Waals surface area contributed by atoms with Crippen LogP contribution in [0.25, 0.3) is 5.57 Å². The molecule has 2 rings (SSSR count). The van der Waals surface area contributed by atoms with Crippen molar-refractivity contribution in [3.63, 3.8) is 0 Å². The number of benzene rings is 1. The Morgan fingerprint density at radius 1 is 1.29 bits per heavy atom. The van der Waals surface area contributed by atoms with Crippen molar-refractivity contribution in [2.75, 3.05) is 14.2 Å². The van der Waals surface area contributed by atoms with Gasteiger partial charge in [0.1, 0.15) is 5.75 Å². The summed E-state index contributed by atoms with van der Waals surface area (Å²) in [6, 6.07) is 6.33. The lowest BCUT2D eigenvalue weighted by molar-refractivity contribution is 0.410. The summed E-state index contributed by atoms with van der Waals surface area (Å²) in [5.41, 5.74) is 3.99. The monoisotopic (exact) mass is 231 g/mol. The van der Waals surface area contributed by atoms with Crippen LogP contribution >= 0.6 is 0 Å². The third kappa shape index (κ3) is 2.09. The smallest absolute Gasteiger partial charge is 0.126 e. The van der Waals surface area contributed by atoms with Crippen LogP contribution in [0.2, 0.25) is 0 Å². The molecule has 92 valence electrons. The molecule has 0 aromatic heterocycles. The normalized spacial score (nSPS) is 15.2. The van der Waals surface area contributed by atoms with E-state index >= 15 is 0 Å². The minimum atomic E-state index is -0.0240. The molecule has 0 fully saturated rings. The number of rotatable bonds is 3. The summed E-state index contributed by atoms with van der Waals surface area (Å²) >= 11 is 0. The molecule has 2 nitrogen and oxygen atoms in total. The molecule has 1 aromatic carbocycles. The summed E-state index contributed by atoms with van der Waals surface area (Å²) in [4.78, 5) is 0. The summed E-state index contributed by atoms with van der Waals surface area (Å²) in [7, 11) is 3.75. The van der Waals surface area contributed by atoms with Crippen LogP contribution in [0.5, 0.6) is 5.75 Å². The van der Waals surface area contributed by atoms with E-state index in [-0.39, 0.29) is 5.54 Å². The predicted molar refractivity (Wildman–Crippen MR) is 72.4 cm³/mol. The highest BCUT2D eigenvalue weighted by Crippen LogP contribution is 2.39. The molecule has 2 heteroatoms. The molecule has 0 spiro atoms. The van der Waals surface area contributed by atoms with Crippen LogP contribution in [0.3, 0.4) is 0 Å². The average molecular weight is 231 g/mol. The number of allylic oxidation sites excluding steroid dienone is 1. The fourth-order valence-electron chi connectivity index (χ4n) is 2.44. The highest BCUT2D eigenvalue weighted by atomic mass is 16.5. The Bertz CT molecular complexity index is 446. The van der Waals surface area contributed by atoms with Crippen LogP contribution in [0.15, 0.2) is 24.3 Å². The maximum atomic E-state index is 5.51. The van der Waals surface area contributed by atoms with E-state index in [2.05, 4.69) is 37.4 Å². The standard InChI is InChI=1S/C15H21NO/c1-15(2,16-3)12-9-5-7-11-8-6-10-13(17-4)14(11)12/h6,8-10,16H,5,7H2,1-4H3. The second kappa shape index (κ2) is 4.53. The van der Waals surface area contributed by atoms with Gasteiger partial charge in [0, 0.05) is 11.1 Å². The molecule has 0 heterocycles. The number of hydrogen-bond acceptors (Lipinski definition) is 2. The first-order valence-corrected chi connectivity index (χ1v) is 6.16. The molecule has 0 bridgehead atoms. The van der Waals surface area contributed by atoms with Gasteiger partial charge in [-0.25, -0.2) is 0 Å². The van der Waals surface area contributed by atoms with E-state index in [0.717, 1.165) is 18.6 Å². The number of nitrogens with one attached hydrogen (secondary N) is 1. The summed E-state index contributed by atoms with van der Waals surface area (Å²) in [6.07, 6.45) is 4.55. The van der Waals surface area contributed by atoms with Crippen LogP contribution in [-0.4, -0.2) is 19.7 Å². The SMILES string of the molecule is CNC(C)(C)C1=CCCc2cccc(OC)c21. The molecule has 0 saturated heterocycles. The Kier molecular flexibility index (Phi) is 3.25. The highest BCUT2D eigenvalue weighted by molar-refractivity contribution is 5.80. The molecular weight excluding hydrogens is 210 g/mol. The van der Waals surface area contributed by atoms with Gasteiger partial charge in [-0.2, -0.15) is 0 Å². The van der Waals surface area contributed by atoms with E-state index in [1.165, 1.54) is 16.7 Å². The van der Waals surface area contributed by atoms with Gasteiger partial charge in [0.2, 0.25) is 0 Å². The Morgan fingerprint density at radius 2 is 2.06 bits per heavy atom. The number of methoxy groups -OCH3 is 1. The minimum Gasteiger partial charge on any atom is -0.496 e. The van der Waals surface area contributed by atoms with E-state index in [1.807, 2.05) is 13.1 Å². The zero-order valence-corrected chi connectivity index (χ0v) is 11.1. The van der Waals surface area contributed by atoms with Gasteiger partial charge in [0.05, 0.1) is 7.11 Å². The molecule has 1 aromatic rings. The van der Waals surface area contributed by atoms with Gasteiger partial charge in [-0.1, -0.05) is 18.2 Å². The number of aryl methyl sites for hydroxylation is 1. The quantitative estimate of drug-likeness (QED) is 0.863. The third-order valence-corrected chi connectivity index (χ3v) is 3.66. The van der Waals surface area contributed by atoms with Crippen molar-refractivity contribution >= 4 is 5.57 Å². The Hall–Kier alpha value is -1.28. The maximum absolute atomic E-state index is 5.51. The van der Waals surface area contributed by atoms with Crippen LogP contribution in [0, 0.1) is 0 Å². The van der Waals surface area contributed by atoms with Crippen LogP contribution in [0.4, 0.5) is 0 Å². The molecule has 1 aliphatic rings. The van der Waals surface area contributed by atoms with Crippen molar-refractivity contribution in [1.82, 2.24) is 5.32 Å². The molecular formula is C15H21NO. The molecule has 0 atom stereocenters. The lowest BCUT2D eigenvalue weighted by atomic mass is 9.80. The van der Waals surface area contributed by atoms with E-state index in [9.17, 15) is 0 Å². The molecule has 17 heavy (non-hydrogen) atoms. The lowest BCUT2D eigenvalue weighted by Crippen LogP contribution is -2.38. The number of likely N-dealkylation sites (N-methyl/N-ethyl adjacent to an activating group) is 1. The molecule has 1 aliphatic carbocycles. The Balaban J connectivity index is 2.57. The predicted octanol–water partition coefficient (Wildman–Crippen LogP) is 3.02. The Morgan fingerprint density at radius 3 is 2.71 bits per heavy atom. The van der Waals surface area contributed by atoms with Crippen molar-refractivity contribution in [3.8, 4) is 5.75 Å². The summed E-state index contributed by atoms with van der Waals surface area (Å²) < 4.78 is 5.51. The van der Waals surface area contributed by atoms with E-state index in [0.29, 0.717) is 0 Å². The Labute approximate surface area is 104 Å². The van der Waals surface area contributed by atoms with Gasteiger partial charge in [-0.3, -0.25) is 0 Å². The molecule has 0 aliphatic heterocycles. The summed E-state index contributed by atoms with van der Waals surface area (Å²) in [6.45, 7) is 4.42. The molecule has 0 saturated carbocycles. The van der Waals surface area contributed by atoms with E-state index in [1.54, 1.807) is 7.11 Å². The first-order valence-electron chi connectivity index (χ1n) is 6.16. The van der Waals surface area contributed by atoms with Crippen molar-refractivity contribution in [1.29, 1.82) is 0 Å². The fourth-order valence-corrected chi connectivity index (χ4v) is 2.44. The van der Waals surface area contributed by atoms with Crippen molar-refractivity contribution in [2.45, 2.75) is 32.2 Å². The van der Waals surface area contributed by atoms with Crippen molar-refractivity contribution in [2.24, 2.45) is 0 Å². The van der Waals surface area contributed by atoms with Gasteiger partial charge >= 0.3 is 0 Å². The van der Waals surface area contributed by atoms with Gasteiger partial charge < -0.3 is 10.1 Å². The van der Waals surface area contributed by atoms with Crippen LogP contribution < -0.4 is 10.1 Å². The average Bonchev–Trinajstić information content (AvgIpc) is 2.37. The zero-order chi connectivity index (χ0) is 12.5. The highest BCUT2D eigenvalue weighted by Gasteiger charge is 2.28. The number of fused-ring (bicyclic) bond motifs is 1. The third-order valence-electron chi connectivity index (χ3n) is 3.66. The fraction of sp³-hybridized carbons (Fsp3) is 0.467. The van der Waals surface area contributed by atoms with Crippen molar-refractivity contribution < 1.29 is 4.74 Å². The molecule has 1 N–H and O–H groups in total. The van der Waals surface area contributed by atoms with Crippen molar-refractivity contribution in [3.05, 3.63) is 35.4 Å². The first kappa shape index (κ1) is 12.2. The van der Waals surface area contributed by atoms with Gasteiger partial charge in [-0.15, -0.1) is 0 Å². The summed E-state index contributed by atoms with van der Waals surface area (Å²) in [5.74, 6) is 0.983. The largest absolute Gasteiger partial charge is 0.496 e. The van der Waals surface area contributed by atoms with Gasteiger partial charge in [0.25, 0.3) is 0 Å². The lowest BCUT2D eigenvalue weighted by Gasteiger charge is -2.32. The van der Waals surface area contributed by atoms with Gasteiger partial charge in [0.15, 0.2) is 0 Å². The second-order valence-corrected chi connectivity index (χ2v) is 5.03. The number of ether oxygens (including phenoxy) is 1. The molecule has 0 radical (unpaired) electrons. The molecule has 0 unspecified atom stereocenters.